The highest BCUT2D eigenvalue weighted by atomic mass is 32.2. The van der Waals surface area contributed by atoms with Gasteiger partial charge in [-0.15, -0.1) is 0 Å². The van der Waals surface area contributed by atoms with Crippen molar-refractivity contribution in [2.45, 2.75) is 25.2 Å². The van der Waals surface area contributed by atoms with E-state index in [-0.39, 0.29) is 18.0 Å². The van der Waals surface area contributed by atoms with Crippen LogP contribution in [0.5, 0.6) is 0 Å². The molecule has 0 aromatic heterocycles. The van der Waals surface area contributed by atoms with E-state index in [2.05, 4.69) is 10.0 Å². The van der Waals surface area contributed by atoms with Crippen molar-refractivity contribution in [3.8, 4) is 0 Å². The zero-order valence-electron chi connectivity index (χ0n) is 13.3. The number of aryl methyl sites for hydroxylation is 2. The minimum atomic E-state index is -3.69. The van der Waals surface area contributed by atoms with E-state index < -0.39 is 29.0 Å². The maximum atomic E-state index is 12.2. The summed E-state index contributed by atoms with van der Waals surface area (Å²) in [7, 11) is -2.45. The third-order valence-electron chi connectivity index (χ3n) is 3.09. The molecule has 1 rings (SSSR count). The summed E-state index contributed by atoms with van der Waals surface area (Å²) in [6, 6.07) is 4.40. The Morgan fingerprint density at radius 3 is 2.52 bits per heavy atom. The zero-order valence-corrected chi connectivity index (χ0v) is 14.1. The summed E-state index contributed by atoms with van der Waals surface area (Å²) in [4.78, 5) is 12.5. The molecule has 0 saturated carbocycles. The fraction of sp³-hybridized carbons (Fsp3) is 0.500. The number of benzene rings is 1. The third kappa shape index (κ3) is 6.11. The van der Waals surface area contributed by atoms with Crippen LogP contribution in [0.3, 0.4) is 0 Å². The van der Waals surface area contributed by atoms with Crippen LogP contribution in [0.15, 0.2) is 23.1 Å². The number of nitrogens with zero attached hydrogens (tertiary/aromatic N) is 1. The first-order chi connectivity index (χ1) is 10.6. The lowest BCUT2D eigenvalue weighted by Crippen LogP contribution is -2.42. The third-order valence-corrected chi connectivity index (χ3v) is 4.69. The van der Waals surface area contributed by atoms with Crippen molar-refractivity contribution >= 4 is 16.1 Å². The van der Waals surface area contributed by atoms with Gasteiger partial charge in [0, 0.05) is 20.1 Å². The molecule has 0 radical (unpaired) electrons. The number of sulfonamides is 1. The van der Waals surface area contributed by atoms with Crippen LogP contribution < -0.4 is 10.0 Å². The molecule has 1 aromatic rings. The summed E-state index contributed by atoms with van der Waals surface area (Å²) in [6.45, 7) is 2.76. The molecule has 2 amide bonds. The standard InChI is InChI=1S/C14H21F2N3O3S/c1-10-4-5-11(2)12(8-10)23(21,22)18-7-6-17-14(20)19(3)9-13(15)16/h4-5,8,13,18H,6-7,9H2,1-3H3,(H,17,20). The molecule has 0 unspecified atom stereocenters. The average molecular weight is 349 g/mol. The molecule has 0 fully saturated rings. The Kier molecular flexibility index (Phi) is 6.89. The van der Waals surface area contributed by atoms with Gasteiger partial charge in [0.2, 0.25) is 10.0 Å². The van der Waals surface area contributed by atoms with E-state index >= 15 is 0 Å². The average Bonchev–Trinajstić information content (AvgIpc) is 2.45. The maximum Gasteiger partial charge on any atom is 0.317 e. The number of hydrogen-bond donors (Lipinski definition) is 2. The molecule has 0 heterocycles. The lowest BCUT2D eigenvalue weighted by molar-refractivity contribution is 0.108. The van der Waals surface area contributed by atoms with Gasteiger partial charge in [0.25, 0.3) is 6.43 Å². The molecule has 0 saturated heterocycles. The minimum Gasteiger partial charge on any atom is -0.337 e. The number of amides is 2. The van der Waals surface area contributed by atoms with Gasteiger partial charge in [-0.2, -0.15) is 0 Å². The van der Waals surface area contributed by atoms with Gasteiger partial charge in [-0.1, -0.05) is 12.1 Å². The first-order valence-electron chi connectivity index (χ1n) is 6.97. The number of rotatable bonds is 7. The van der Waals surface area contributed by atoms with Gasteiger partial charge in [-0.05, 0) is 31.0 Å². The zero-order chi connectivity index (χ0) is 17.6. The number of hydrogen-bond acceptors (Lipinski definition) is 3. The first kappa shape index (κ1) is 19.3. The summed E-state index contributed by atoms with van der Waals surface area (Å²) < 4.78 is 51.0. The summed E-state index contributed by atoms with van der Waals surface area (Å²) in [5, 5.41) is 2.36. The predicted octanol–water partition coefficient (Wildman–Crippen LogP) is 1.49. The van der Waals surface area contributed by atoms with Gasteiger partial charge >= 0.3 is 6.03 Å². The highest BCUT2D eigenvalue weighted by Gasteiger charge is 2.17. The van der Waals surface area contributed by atoms with Gasteiger partial charge in [0.15, 0.2) is 0 Å². The number of alkyl halides is 2. The second-order valence-corrected chi connectivity index (χ2v) is 6.91. The van der Waals surface area contributed by atoms with Crippen LogP contribution in [0, 0.1) is 13.8 Å². The molecule has 6 nitrogen and oxygen atoms in total. The number of nitrogens with one attached hydrogen (secondary N) is 2. The quantitative estimate of drug-likeness (QED) is 0.732. The van der Waals surface area contributed by atoms with E-state index in [9.17, 15) is 22.0 Å². The molecule has 9 heteroatoms. The van der Waals surface area contributed by atoms with Crippen LogP contribution in [0.1, 0.15) is 11.1 Å². The van der Waals surface area contributed by atoms with Crippen molar-refractivity contribution < 1.29 is 22.0 Å². The number of halogens is 2. The minimum absolute atomic E-state index is 0.00347. The molecular weight excluding hydrogens is 328 g/mol. The molecule has 0 aliphatic rings. The fourth-order valence-corrected chi connectivity index (χ4v) is 3.21. The Morgan fingerprint density at radius 2 is 1.91 bits per heavy atom. The molecule has 1 aromatic carbocycles. The van der Waals surface area contributed by atoms with Crippen molar-refractivity contribution in [1.29, 1.82) is 0 Å². The Morgan fingerprint density at radius 1 is 1.26 bits per heavy atom. The van der Waals surface area contributed by atoms with Gasteiger partial charge in [-0.25, -0.2) is 26.7 Å². The van der Waals surface area contributed by atoms with E-state index in [0.29, 0.717) is 5.56 Å². The predicted molar refractivity (Wildman–Crippen MR) is 83.1 cm³/mol. The van der Waals surface area contributed by atoms with Crippen LogP contribution in [-0.4, -0.2) is 52.5 Å². The molecule has 0 aliphatic carbocycles. The Balaban J connectivity index is 2.52. The Labute approximate surface area is 134 Å². The Bertz CT molecular complexity index is 651. The fourth-order valence-electron chi connectivity index (χ4n) is 1.85. The molecule has 23 heavy (non-hydrogen) atoms. The summed E-state index contributed by atoms with van der Waals surface area (Å²) in [6.07, 6.45) is -2.62. The van der Waals surface area contributed by atoms with Crippen LogP contribution in [0.4, 0.5) is 13.6 Å². The number of carbonyl (C=O) groups is 1. The molecular formula is C14H21F2N3O3S. The van der Waals surface area contributed by atoms with Gasteiger partial charge in [0.1, 0.15) is 0 Å². The second kappa shape index (κ2) is 8.21. The monoisotopic (exact) mass is 349 g/mol. The van der Waals surface area contributed by atoms with Crippen molar-refractivity contribution in [2.75, 3.05) is 26.7 Å². The van der Waals surface area contributed by atoms with Crippen LogP contribution in [0.2, 0.25) is 0 Å². The van der Waals surface area contributed by atoms with Crippen LogP contribution in [0.25, 0.3) is 0 Å². The highest BCUT2D eigenvalue weighted by molar-refractivity contribution is 7.89. The van der Waals surface area contributed by atoms with Gasteiger partial charge in [0.05, 0.1) is 11.4 Å². The normalized spacial score (nSPS) is 11.6. The summed E-state index contributed by atoms with van der Waals surface area (Å²) in [5.41, 5.74) is 1.43. The summed E-state index contributed by atoms with van der Waals surface area (Å²) >= 11 is 0. The molecule has 2 N–H and O–H groups in total. The number of carbonyl (C=O) groups excluding carboxylic acids is 1. The number of urea groups is 1. The first-order valence-corrected chi connectivity index (χ1v) is 8.46. The van der Waals surface area contributed by atoms with Crippen molar-refractivity contribution in [3.63, 3.8) is 0 Å². The van der Waals surface area contributed by atoms with E-state index in [1.165, 1.54) is 7.05 Å². The Hall–Kier alpha value is -1.74. The second-order valence-electron chi connectivity index (χ2n) is 5.17. The summed E-state index contributed by atoms with van der Waals surface area (Å²) in [5.74, 6) is 0. The van der Waals surface area contributed by atoms with E-state index in [0.717, 1.165) is 10.5 Å². The van der Waals surface area contributed by atoms with E-state index in [1.54, 1.807) is 26.0 Å². The molecule has 0 aliphatic heterocycles. The van der Waals surface area contributed by atoms with Gasteiger partial charge in [-0.3, -0.25) is 0 Å². The van der Waals surface area contributed by atoms with Crippen molar-refractivity contribution in [1.82, 2.24) is 14.9 Å². The lowest BCUT2D eigenvalue weighted by Gasteiger charge is -2.17. The van der Waals surface area contributed by atoms with Crippen molar-refractivity contribution in [3.05, 3.63) is 29.3 Å². The van der Waals surface area contributed by atoms with E-state index in [1.807, 2.05) is 6.07 Å². The van der Waals surface area contributed by atoms with Gasteiger partial charge < -0.3 is 10.2 Å². The molecule has 0 spiro atoms. The van der Waals surface area contributed by atoms with Crippen LogP contribution in [-0.2, 0) is 10.0 Å². The largest absolute Gasteiger partial charge is 0.337 e. The maximum absolute atomic E-state index is 12.2. The lowest BCUT2D eigenvalue weighted by atomic mass is 10.2. The highest BCUT2D eigenvalue weighted by Crippen LogP contribution is 2.16. The topological polar surface area (TPSA) is 78.5 Å². The SMILES string of the molecule is Cc1ccc(C)c(S(=O)(=O)NCCNC(=O)N(C)CC(F)F)c1. The molecule has 130 valence electrons. The van der Waals surface area contributed by atoms with Crippen molar-refractivity contribution in [2.24, 2.45) is 0 Å². The molecule has 0 atom stereocenters. The molecule has 0 bridgehead atoms. The van der Waals surface area contributed by atoms with E-state index in [4.69, 9.17) is 0 Å². The van der Waals surface area contributed by atoms with Crippen LogP contribution >= 0.6 is 0 Å². The smallest absolute Gasteiger partial charge is 0.317 e.